The van der Waals surface area contributed by atoms with Crippen LogP contribution in [0.3, 0.4) is 0 Å². The second-order valence-electron chi connectivity index (χ2n) is 15.5. The van der Waals surface area contributed by atoms with Crippen molar-refractivity contribution in [1.29, 1.82) is 0 Å². The first-order valence-electron chi connectivity index (χ1n) is 19.8. The molecule has 1 N–H and O–H groups in total. The highest BCUT2D eigenvalue weighted by molar-refractivity contribution is 8.00. The molecule has 4 fully saturated rings. The van der Waals surface area contributed by atoms with Crippen molar-refractivity contribution in [3.8, 4) is 0 Å². The number of nitrogens with zero attached hydrogens (tertiary/aromatic N) is 2. The van der Waals surface area contributed by atoms with Crippen molar-refractivity contribution in [2.24, 2.45) is 23.7 Å². The zero-order valence-electron chi connectivity index (χ0n) is 31.8. The van der Waals surface area contributed by atoms with Crippen LogP contribution >= 0.6 is 23.5 Å². The Hall–Kier alpha value is -3.52. The summed E-state index contributed by atoms with van der Waals surface area (Å²) in [5.41, 5.74) is 1.86. The van der Waals surface area contributed by atoms with Crippen LogP contribution in [0.5, 0.6) is 0 Å². The number of methoxy groups -OCH3 is 1. The van der Waals surface area contributed by atoms with E-state index in [1.54, 1.807) is 16.7 Å². The van der Waals surface area contributed by atoms with Gasteiger partial charge < -0.3 is 19.9 Å². The quantitative estimate of drug-likeness (QED) is 0.219. The number of nitrogens with one attached hydrogen (secondary N) is 1. The minimum atomic E-state index is -4.40. The summed E-state index contributed by atoms with van der Waals surface area (Å²) in [6, 6.07) is 17.5. The number of alkyl halides is 3. The van der Waals surface area contributed by atoms with Crippen molar-refractivity contribution in [1.82, 2.24) is 15.1 Å². The molecule has 0 bridgehead atoms. The largest absolute Gasteiger partial charge is 0.467 e. The van der Waals surface area contributed by atoms with Gasteiger partial charge in [0.05, 0.1) is 23.8 Å². The van der Waals surface area contributed by atoms with Crippen LogP contribution in [-0.2, 0) is 41.6 Å². The normalized spacial score (nSPS) is 26.9. The summed E-state index contributed by atoms with van der Waals surface area (Å²) in [5.74, 6) is -3.64. The average molecular weight is 816 g/mol. The molecule has 6 rings (SSSR count). The van der Waals surface area contributed by atoms with Gasteiger partial charge in [-0.3, -0.25) is 19.2 Å². The van der Waals surface area contributed by atoms with Gasteiger partial charge >= 0.3 is 12.1 Å². The number of halogens is 3. The van der Waals surface area contributed by atoms with Gasteiger partial charge in [0.15, 0.2) is 0 Å². The molecule has 8 atom stereocenters. The summed E-state index contributed by atoms with van der Waals surface area (Å²) in [6.45, 7) is -0.410. The number of Topliss-reactive ketones (excluding diaryl/α,β-unsaturated/α-hetero) is 1. The molecule has 14 heteroatoms. The molecule has 2 aromatic carbocycles. The first-order valence-corrected chi connectivity index (χ1v) is 21.9. The van der Waals surface area contributed by atoms with Crippen molar-refractivity contribution in [2.45, 2.75) is 106 Å². The first-order chi connectivity index (χ1) is 26.9. The standard InChI is InChI=1S/C42H52F3N3O6S2/c1-54-41(53)34-13-8-14-37-48(34)39(51)31(19-21-56-37)25-35(49)29(23-27-9-4-2-5-10-27)15-16-30(24-28-11-6-3-7-12-28)38(50)46-33-20-22-55-36-18-17-32(42(43,44)45)26-47(36)40(33)52/h2-7,9-12,29-34,36-37H,8,13-26H2,1H3,(H,46,50)/t29-,30-,31-,32+,33+,34+,36+,37+/m1/s1. The molecule has 0 unspecified atom stereocenters. The van der Waals surface area contributed by atoms with Crippen LogP contribution in [0.4, 0.5) is 13.2 Å². The van der Waals surface area contributed by atoms with E-state index in [9.17, 15) is 37.1 Å². The lowest BCUT2D eigenvalue weighted by Gasteiger charge is -2.40. The highest BCUT2D eigenvalue weighted by Gasteiger charge is 2.48. The molecular formula is C42H52F3N3O6S2. The number of fused-ring (bicyclic) bond motifs is 2. The average Bonchev–Trinajstić information content (AvgIpc) is 3.45. The highest BCUT2D eigenvalue weighted by atomic mass is 32.2. The second-order valence-corrected chi connectivity index (χ2v) is 18.1. The number of ketones is 1. The molecule has 0 radical (unpaired) electrons. The molecule has 9 nitrogen and oxygen atoms in total. The Labute approximate surface area is 335 Å². The molecule has 0 aliphatic carbocycles. The molecular weight excluding hydrogens is 764 g/mol. The van der Waals surface area contributed by atoms with Gasteiger partial charge in [0.2, 0.25) is 17.7 Å². The molecule has 0 saturated carbocycles. The maximum Gasteiger partial charge on any atom is 0.393 e. The van der Waals surface area contributed by atoms with Gasteiger partial charge in [0.1, 0.15) is 17.9 Å². The van der Waals surface area contributed by atoms with Gasteiger partial charge in [-0.1, -0.05) is 60.7 Å². The van der Waals surface area contributed by atoms with Crippen molar-refractivity contribution >= 4 is 53.0 Å². The molecule has 4 aliphatic rings. The zero-order valence-corrected chi connectivity index (χ0v) is 33.4. The number of hydrogen-bond acceptors (Lipinski definition) is 8. The second kappa shape index (κ2) is 19.3. The summed E-state index contributed by atoms with van der Waals surface area (Å²) in [7, 11) is 1.33. The van der Waals surface area contributed by atoms with E-state index in [2.05, 4.69) is 5.32 Å². The fourth-order valence-electron chi connectivity index (χ4n) is 8.66. The third-order valence-corrected chi connectivity index (χ3v) is 14.5. The smallest absolute Gasteiger partial charge is 0.393 e. The Morgan fingerprint density at radius 3 is 2.09 bits per heavy atom. The van der Waals surface area contributed by atoms with E-state index < -0.39 is 60.4 Å². The lowest BCUT2D eigenvalue weighted by molar-refractivity contribution is -0.189. The van der Waals surface area contributed by atoms with Gasteiger partial charge in [0.25, 0.3) is 0 Å². The Morgan fingerprint density at radius 1 is 0.804 bits per heavy atom. The van der Waals surface area contributed by atoms with Crippen molar-refractivity contribution in [3.63, 3.8) is 0 Å². The van der Waals surface area contributed by atoms with Gasteiger partial charge in [-0.05, 0) is 93.3 Å². The summed E-state index contributed by atoms with van der Waals surface area (Å²) >= 11 is 3.12. The summed E-state index contributed by atoms with van der Waals surface area (Å²) in [6.07, 6.45) is 0.226. The molecule has 0 aromatic heterocycles. The van der Waals surface area contributed by atoms with Crippen LogP contribution in [0, 0.1) is 23.7 Å². The number of piperidine rings is 2. The monoisotopic (exact) mass is 815 g/mol. The third-order valence-electron chi connectivity index (χ3n) is 11.8. The molecule has 56 heavy (non-hydrogen) atoms. The van der Waals surface area contributed by atoms with Crippen LogP contribution in [0.15, 0.2) is 60.7 Å². The molecule has 4 saturated heterocycles. The van der Waals surface area contributed by atoms with Crippen LogP contribution in [0.25, 0.3) is 0 Å². The lowest BCUT2D eigenvalue weighted by atomic mass is 9.82. The Balaban J connectivity index is 1.19. The minimum Gasteiger partial charge on any atom is -0.467 e. The molecule has 304 valence electrons. The van der Waals surface area contributed by atoms with Crippen molar-refractivity contribution < 1.29 is 41.9 Å². The van der Waals surface area contributed by atoms with E-state index in [1.807, 2.05) is 60.7 Å². The fraction of sp³-hybridized carbons (Fsp3) is 0.595. The Morgan fingerprint density at radius 2 is 1.43 bits per heavy atom. The molecule has 4 aliphatic heterocycles. The molecule has 0 spiro atoms. The van der Waals surface area contributed by atoms with Gasteiger partial charge in [-0.2, -0.15) is 13.2 Å². The Bertz CT molecular complexity index is 1680. The molecule has 3 amide bonds. The predicted molar refractivity (Wildman–Crippen MR) is 210 cm³/mol. The van der Waals surface area contributed by atoms with Gasteiger partial charge in [-0.25, -0.2) is 4.79 Å². The summed E-state index contributed by atoms with van der Waals surface area (Å²) < 4.78 is 46.2. The van der Waals surface area contributed by atoms with E-state index >= 15 is 0 Å². The van der Waals surface area contributed by atoms with E-state index in [0.29, 0.717) is 56.5 Å². The van der Waals surface area contributed by atoms with Gasteiger partial charge in [-0.15, -0.1) is 23.5 Å². The van der Waals surface area contributed by atoms with Crippen LogP contribution in [0.1, 0.15) is 75.3 Å². The Kier molecular flexibility index (Phi) is 14.5. The number of rotatable bonds is 13. The number of benzene rings is 2. The van der Waals surface area contributed by atoms with Crippen molar-refractivity contribution in [2.75, 3.05) is 25.2 Å². The minimum absolute atomic E-state index is 0.0215. The first kappa shape index (κ1) is 42.1. The predicted octanol–water partition coefficient (Wildman–Crippen LogP) is 6.83. The maximum absolute atomic E-state index is 14.4. The van der Waals surface area contributed by atoms with Crippen LogP contribution < -0.4 is 5.32 Å². The fourth-order valence-corrected chi connectivity index (χ4v) is 11.4. The zero-order chi connectivity index (χ0) is 39.8. The summed E-state index contributed by atoms with van der Waals surface area (Å²) in [4.78, 5) is 72.1. The van der Waals surface area contributed by atoms with E-state index in [4.69, 9.17) is 4.74 Å². The van der Waals surface area contributed by atoms with Crippen molar-refractivity contribution in [3.05, 3.63) is 71.8 Å². The van der Waals surface area contributed by atoms with E-state index in [0.717, 1.165) is 24.0 Å². The number of esters is 1. The topological polar surface area (TPSA) is 113 Å². The maximum atomic E-state index is 14.4. The van der Waals surface area contributed by atoms with Gasteiger partial charge in [0, 0.05) is 30.7 Å². The van der Waals surface area contributed by atoms with E-state index in [-0.39, 0.29) is 47.6 Å². The molecule has 2 aromatic rings. The van der Waals surface area contributed by atoms with E-state index in [1.165, 1.54) is 23.8 Å². The molecule has 4 heterocycles. The highest BCUT2D eigenvalue weighted by Crippen LogP contribution is 2.40. The number of hydrogen-bond donors (Lipinski definition) is 1. The number of amides is 3. The van der Waals surface area contributed by atoms with Crippen LogP contribution in [0.2, 0.25) is 0 Å². The van der Waals surface area contributed by atoms with Crippen LogP contribution in [-0.4, -0.2) is 93.4 Å². The lowest BCUT2D eigenvalue weighted by Crippen LogP contribution is -2.55. The number of thioether (sulfide) groups is 2. The SMILES string of the molecule is COC(=O)[C@@H]1CCC[C@@H]2SCC[C@H](CC(=O)[C@H](CC[C@H](Cc3ccccc3)C(=O)N[C@H]3CCS[C@H]4CC[C@H](C(F)(F)F)CN4C3=O)Cc3ccccc3)C(=O)N21. The number of ether oxygens (including phenoxy) is 1. The summed E-state index contributed by atoms with van der Waals surface area (Å²) in [5, 5.41) is 2.46. The number of carbonyl (C=O) groups is 5. The number of carbonyl (C=O) groups excluding carboxylic acids is 5. The third kappa shape index (κ3) is 10.5.